The molecule has 0 saturated carbocycles. The Hall–Kier alpha value is -3.15. The molecule has 0 aromatic heterocycles. The van der Waals surface area contributed by atoms with Gasteiger partial charge in [0.25, 0.3) is 5.91 Å². The average molecular weight is 381 g/mol. The van der Waals surface area contributed by atoms with Crippen molar-refractivity contribution in [2.24, 2.45) is 0 Å². The summed E-state index contributed by atoms with van der Waals surface area (Å²) >= 11 is 0. The fourth-order valence-corrected chi connectivity index (χ4v) is 3.33. The molecule has 0 radical (unpaired) electrons. The molecule has 2 amide bonds. The van der Waals surface area contributed by atoms with Crippen LogP contribution in [-0.4, -0.2) is 61.9 Å². The third-order valence-corrected chi connectivity index (χ3v) is 4.86. The van der Waals surface area contributed by atoms with Gasteiger partial charge in [-0.15, -0.1) is 0 Å². The smallest absolute Gasteiger partial charge is 0.253 e. The van der Waals surface area contributed by atoms with E-state index in [2.05, 4.69) is 11.5 Å². The monoisotopic (exact) mass is 381 g/mol. The number of carbonyl (C=O) groups is 2. The van der Waals surface area contributed by atoms with E-state index in [0.717, 1.165) is 24.3 Å². The number of halogens is 1. The van der Waals surface area contributed by atoms with Crippen LogP contribution in [0.1, 0.15) is 10.4 Å². The van der Waals surface area contributed by atoms with Crippen LogP contribution < -0.4 is 4.90 Å². The van der Waals surface area contributed by atoms with E-state index in [9.17, 15) is 14.0 Å². The Morgan fingerprint density at radius 1 is 1.04 bits per heavy atom. The van der Waals surface area contributed by atoms with Crippen molar-refractivity contribution >= 4 is 17.5 Å². The summed E-state index contributed by atoms with van der Waals surface area (Å²) < 4.78 is 14.1. The molecule has 146 valence electrons. The minimum absolute atomic E-state index is 0.0498. The minimum atomic E-state index is -0.440. The summed E-state index contributed by atoms with van der Waals surface area (Å²) in [5.41, 5.74) is 2.83. The number of piperazine rings is 1. The Kier molecular flexibility index (Phi) is 5.78. The summed E-state index contributed by atoms with van der Waals surface area (Å²) in [5.74, 6) is -0.726. The standard InChI is InChI=1S/C22H24FN3O2/c1-4-21(27)26-10-8-25(9-11-26)20-7-5-6-16(15-20)17-12-18(14-19(23)13-17)22(28)24(2)3/h4-7,12-15H,1,8-11H2,2-3H3. The van der Waals surface area contributed by atoms with E-state index in [-0.39, 0.29) is 11.8 Å². The highest BCUT2D eigenvalue weighted by atomic mass is 19.1. The van der Waals surface area contributed by atoms with Gasteiger partial charge in [0, 0.05) is 51.5 Å². The molecule has 6 heteroatoms. The maximum absolute atomic E-state index is 14.1. The first-order valence-electron chi connectivity index (χ1n) is 9.18. The molecule has 2 aromatic carbocycles. The largest absolute Gasteiger partial charge is 0.368 e. The zero-order valence-electron chi connectivity index (χ0n) is 16.2. The minimum Gasteiger partial charge on any atom is -0.368 e. The summed E-state index contributed by atoms with van der Waals surface area (Å²) in [5, 5.41) is 0. The van der Waals surface area contributed by atoms with E-state index in [4.69, 9.17) is 0 Å². The van der Waals surface area contributed by atoms with E-state index in [0.29, 0.717) is 24.2 Å². The maximum atomic E-state index is 14.1. The molecule has 2 aromatic rings. The number of amides is 2. The van der Waals surface area contributed by atoms with Crippen LogP contribution in [0.3, 0.4) is 0 Å². The number of anilines is 1. The molecule has 1 heterocycles. The topological polar surface area (TPSA) is 43.9 Å². The molecule has 0 unspecified atom stereocenters. The quantitative estimate of drug-likeness (QED) is 0.765. The molecule has 1 aliphatic rings. The summed E-state index contributed by atoms with van der Waals surface area (Å²) in [7, 11) is 3.29. The van der Waals surface area contributed by atoms with Crippen molar-refractivity contribution in [2.45, 2.75) is 0 Å². The molecular formula is C22H24FN3O2. The molecule has 0 atom stereocenters. The first kappa shape index (κ1) is 19.6. The Morgan fingerprint density at radius 2 is 1.75 bits per heavy atom. The van der Waals surface area contributed by atoms with E-state index in [1.807, 2.05) is 24.3 Å². The van der Waals surface area contributed by atoms with Crippen LogP contribution in [0.15, 0.2) is 55.1 Å². The van der Waals surface area contributed by atoms with Crippen LogP contribution in [0.2, 0.25) is 0 Å². The summed E-state index contributed by atoms with van der Waals surface area (Å²) in [4.78, 5) is 29.4. The van der Waals surface area contributed by atoms with Crippen molar-refractivity contribution in [3.63, 3.8) is 0 Å². The predicted octanol–water partition coefficient (Wildman–Crippen LogP) is 3.03. The molecule has 1 aliphatic heterocycles. The third kappa shape index (κ3) is 4.22. The fraction of sp³-hybridized carbons (Fsp3) is 0.273. The molecule has 5 nitrogen and oxygen atoms in total. The summed E-state index contributed by atoms with van der Waals surface area (Å²) in [6.45, 7) is 6.24. The van der Waals surface area contributed by atoms with Gasteiger partial charge in [-0.3, -0.25) is 9.59 Å². The van der Waals surface area contributed by atoms with Crippen LogP contribution in [-0.2, 0) is 4.79 Å². The van der Waals surface area contributed by atoms with Crippen molar-refractivity contribution in [2.75, 3.05) is 45.2 Å². The second kappa shape index (κ2) is 8.25. The SMILES string of the molecule is C=CC(=O)N1CCN(c2cccc(-c3cc(F)cc(C(=O)N(C)C)c3)c2)CC1. The number of nitrogens with zero attached hydrogens (tertiary/aromatic N) is 3. The van der Waals surface area contributed by atoms with E-state index in [1.54, 1.807) is 25.1 Å². The van der Waals surface area contributed by atoms with Crippen LogP contribution >= 0.6 is 0 Å². The number of benzene rings is 2. The van der Waals surface area contributed by atoms with Gasteiger partial charge in [0.1, 0.15) is 5.82 Å². The average Bonchev–Trinajstić information content (AvgIpc) is 2.72. The lowest BCUT2D eigenvalue weighted by molar-refractivity contribution is -0.126. The Labute approximate surface area is 164 Å². The van der Waals surface area contributed by atoms with Gasteiger partial charge in [-0.1, -0.05) is 18.7 Å². The Morgan fingerprint density at radius 3 is 2.39 bits per heavy atom. The van der Waals surface area contributed by atoms with Crippen LogP contribution in [0, 0.1) is 5.82 Å². The van der Waals surface area contributed by atoms with Gasteiger partial charge in [-0.05, 0) is 47.5 Å². The van der Waals surface area contributed by atoms with Gasteiger partial charge >= 0.3 is 0 Å². The Balaban J connectivity index is 1.83. The van der Waals surface area contributed by atoms with Gasteiger partial charge in [0.05, 0.1) is 0 Å². The van der Waals surface area contributed by atoms with Gasteiger partial charge in [-0.25, -0.2) is 4.39 Å². The number of hydrogen-bond donors (Lipinski definition) is 0. The lowest BCUT2D eigenvalue weighted by Crippen LogP contribution is -2.48. The van der Waals surface area contributed by atoms with E-state index < -0.39 is 5.82 Å². The highest BCUT2D eigenvalue weighted by Gasteiger charge is 2.20. The highest BCUT2D eigenvalue weighted by Crippen LogP contribution is 2.27. The second-order valence-electron chi connectivity index (χ2n) is 6.99. The van der Waals surface area contributed by atoms with E-state index in [1.165, 1.54) is 23.1 Å². The molecular weight excluding hydrogens is 357 g/mol. The number of rotatable bonds is 4. The molecule has 0 spiro atoms. The predicted molar refractivity (Wildman–Crippen MR) is 109 cm³/mol. The lowest BCUT2D eigenvalue weighted by Gasteiger charge is -2.35. The maximum Gasteiger partial charge on any atom is 0.253 e. The normalized spacial score (nSPS) is 14.0. The van der Waals surface area contributed by atoms with Crippen LogP contribution in [0.25, 0.3) is 11.1 Å². The zero-order chi connectivity index (χ0) is 20.3. The molecule has 0 N–H and O–H groups in total. The molecule has 3 rings (SSSR count). The van der Waals surface area contributed by atoms with Gasteiger partial charge in [0.2, 0.25) is 5.91 Å². The molecule has 0 bridgehead atoms. The third-order valence-electron chi connectivity index (χ3n) is 4.86. The van der Waals surface area contributed by atoms with Crippen molar-refractivity contribution in [1.29, 1.82) is 0 Å². The molecule has 28 heavy (non-hydrogen) atoms. The van der Waals surface area contributed by atoms with Crippen molar-refractivity contribution in [3.8, 4) is 11.1 Å². The zero-order valence-corrected chi connectivity index (χ0v) is 16.2. The summed E-state index contributed by atoms with van der Waals surface area (Å²) in [6, 6.07) is 12.2. The second-order valence-corrected chi connectivity index (χ2v) is 6.99. The lowest BCUT2D eigenvalue weighted by atomic mass is 10.0. The first-order valence-corrected chi connectivity index (χ1v) is 9.18. The van der Waals surface area contributed by atoms with Crippen molar-refractivity contribution < 1.29 is 14.0 Å². The van der Waals surface area contributed by atoms with Gasteiger partial charge < -0.3 is 14.7 Å². The van der Waals surface area contributed by atoms with Crippen molar-refractivity contribution in [3.05, 3.63) is 66.5 Å². The van der Waals surface area contributed by atoms with Crippen LogP contribution in [0.4, 0.5) is 10.1 Å². The molecule has 1 saturated heterocycles. The van der Waals surface area contributed by atoms with Gasteiger partial charge in [-0.2, -0.15) is 0 Å². The van der Waals surface area contributed by atoms with E-state index >= 15 is 0 Å². The van der Waals surface area contributed by atoms with Crippen LogP contribution in [0.5, 0.6) is 0 Å². The Bertz CT molecular complexity index is 902. The molecule has 1 fully saturated rings. The van der Waals surface area contributed by atoms with Gasteiger partial charge in [0.15, 0.2) is 0 Å². The fourth-order valence-electron chi connectivity index (χ4n) is 3.33. The molecule has 0 aliphatic carbocycles. The van der Waals surface area contributed by atoms with Crippen molar-refractivity contribution in [1.82, 2.24) is 9.80 Å². The number of carbonyl (C=O) groups excluding carboxylic acids is 2. The first-order chi connectivity index (χ1) is 13.4. The number of hydrogen-bond acceptors (Lipinski definition) is 3. The summed E-state index contributed by atoms with van der Waals surface area (Å²) in [6.07, 6.45) is 1.34. The highest BCUT2D eigenvalue weighted by molar-refractivity contribution is 5.95.